The summed E-state index contributed by atoms with van der Waals surface area (Å²) in [6, 6.07) is 2.56. The number of hydrogen-bond acceptors (Lipinski definition) is 8. The van der Waals surface area contributed by atoms with Gasteiger partial charge < -0.3 is 20.2 Å². The van der Waals surface area contributed by atoms with E-state index in [0.29, 0.717) is 22.7 Å². The standard InChI is InChI=1S/C12H12N2O6S/c1-6-10(2-3-20-14(18)19)21-12(13-6)7-4-8(15)11(17)9(16)5-7/h4-5,15-17H,2-3H2,1H3. The predicted octanol–water partition coefficient (Wildman–Crippen LogP) is 1.99. The second-order valence-corrected chi connectivity index (χ2v) is 5.28. The molecular weight excluding hydrogens is 300 g/mol. The van der Waals surface area contributed by atoms with Gasteiger partial charge in [0, 0.05) is 16.9 Å². The van der Waals surface area contributed by atoms with Crippen molar-refractivity contribution < 1.29 is 25.2 Å². The number of phenolic OH excluding ortho intramolecular Hbond substituents is 3. The Morgan fingerprint density at radius 1 is 1.33 bits per heavy atom. The molecule has 0 atom stereocenters. The molecule has 0 amide bonds. The summed E-state index contributed by atoms with van der Waals surface area (Å²) in [4.78, 5) is 19.4. The molecule has 0 saturated heterocycles. The van der Waals surface area contributed by atoms with Gasteiger partial charge in [0.05, 0.1) is 5.69 Å². The minimum Gasteiger partial charge on any atom is -0.504 e. The van der Waals surface area contributed by atoms with Crippen LogP contribution in [0.4, 0.5) is 0 Å². The fourth-order valence-electron chi connectivity index (χ4n) is 1.72. The van der Waals surface area contributed by atoms with Crippen LogP contribution in [0.2, 0.25) is 0 Å². The number of aromatic nitrogens is 1. The lowest BCUT2D eigenvalue weighted by Gasteiger charge is -2.03. The van der Waals surface area contributed by atoms with Gasteiger partial charge in [-0.25, -0.2) is 4.98 Å². The highest BCUT2D eigenvalue weighted by Crippen LogP contribution is 2.40. The van der Waals surface area contributed by atoms with E-state index in [9.17, 15) is 25.4 Å². The molecule has 1 aromatic heterocycles. The van der Waals surface area contributed by atoms with Gasteiger partial charge >= 0.3 is 0 Å². The Morgan fingerprint density at radius 2 is 1.95 bits per heavy atom. The Morgan fingerprint density at radius 3 is 2.52 bits per heavy atom. The van der Waals surface area contributed by atoms with Crippen LogP contribution in [-0.4, -0.2) is 32.0 Å². The van der Waals surface area contributed by atoms with Crippen LogP contribution in [-0.2, 0) is 11.3 Å². The van der Waals surface area contributed by atoms with Crippen molar-refractivity contribution in [2.75, 3.05) is 6.61 Å². The molecule has 21 heavy (non-hydrogen) atoms. The van der Waals surface area contributed by atoms with Gasteiger partial charge in [0.15, 0.2) is 17.2 Å². The number of hydrogen-bond donors (Lipinski definition) is 3. The number of aromatic hydroxyl groups is 3. The number of thiazole rings is 1. The van der Waals surface area contributed by atoms with Crippen molar-refractivity contribution in [2.24, 2.45) is 0 Å². The molecule has 9 heteroatoms. The van der Waals surface area contributed by atoms with Crippen LogP contribution in [0.3, 0.4) is 0 Å². The zero-order valence-corrected chi connectivity index (χ0v) is 11.8. The predicted molar refractivity (Wildman–Crippen MR) is 73.9 cm³/mol. The maximum absolute atomic E-state index is 10.1. The maximum Gasteiger partial charge on any atom is 0.294 e. The van der Waals surface area contributed by atoms with Crippen LogP contribution < -0.4 is 0 Å². The molecule has 0 unspecified atom stereocenters. The molecule has 0 radical (unpaired) electrons. The van der Waals surface area contributed by atoms with Crippen molar-refractivity contribution in [2.45, 2.75) is 13.3 Å². The van der Waals surface area contributed by atoms with Gasteiger partial charge in [-0.1, -0.05) is 0 Å². The van der Waals surface area contributed by atoms with Crippen molar-refractivity contribution in [3.63, 3.8) is 0 Å². The van der Waals surface area contributed by atoms with E-state index in [4.69, 9.17) is 0 Å². The number of phenols is 3. The Bertz CT molecular complexity index is 661. The number of benzene rings is 1. The summed E-state index contributed by atoms with van der Waals surface area (Å²) in [5.74, 6) is -1.49. The van der Waals surface area contributed by atoms with E-state index in [-0.39, 0.29) is 6.61 Å². The molecule has 3 N–H and O–H groups in total. The van der Waals surface area contributed by atoms with E-state index in [1.807, 2.05) is 0 Å². The molecule has 8 nitrogen and oxygen atoms in total. The van der Waals surface area contributed by atoms with E-state index in [2.05, 4.69) is 9.82 Å². The van der Waals surface area contributed by atoms with Gasteiger partial charge in [0.1, 0.15) is 11.6 Å². The Kier molecular flexibility index (Phi) is 4.13. The first-order valence-corrected chi connectivity index (χ1v) is 6.69. The highest BCUT2D eigenvalue weighted by Gasteiger charge is 2.14. The first-order chi connectivity index (χ1) is 9.88. The lowest BCUT2D eigenvalue weighted by Crippen LogP contribution is -2.04. The fraction of sp³-hybridized carbons (Fsp3) is 0.250. The Labute approximate surface area is 123 Å². The number of nitrogens with zero attached hydrogens (tertiary/aromatic N) is 2. The lowest BCUT2D eigenvalue weighted by molar-refractivity contribution is -0.757. The van der Waals surface area contributed by atoms with Crippen molar-refractivity contribution >= 4 is 11.3 Å². The third-order valence-electron chi connectivity index (χ3n) is 2.74. The molecule has 0 saturated carbocycles. The topological polar surface area (TPSA) is 126 Å². The molecule has 0 aliphatic carbocycles. The van der Waals surface area contributed by atoms with Crippen molar-refractivity contribution in [3.05, 3.63) is 32.8 Å². The molecule has 0 aliphatic heterocycles. The van der Waals surface area contributed by atoms with Gasteiger partial charge in [-0.05, 0) is 19.1 Å². The first kappa shape index (κ1) is 14.9. The average Bonchev–Trinajstić information content (AvgIpc) is 2.77. The van der Waals surface area contributed by atoms with E-state index in [0.717, 1.165) is 4.88 Å². The minimum absolute atomic E-state index is 0.0679. The average molecular weight is 312 g/mol. The smallest absolute Gasteiger partial charge is 0.294 e. The normalized spacial score (nSPS) is 10.5. The quantitative estimate of drug-likeness (QED) is 0.438. The Hall–Kier alpha value is -2.55. The highest BCUT2D eigenvalue weighted by atomic mass is 32.1. The highest BCUT2D eigenvalue weighted by molar-refractivity contribution is 7.15. The molecule has 2 aromatic rings. The van der Waals surface area contributed by atoms with Crippen molar-refractivity contribution in [1.82, 2.24) is 4.98 Å². The van der Waals surface area contributed by atoms with Crippen LogP contribution in [0.25, 0.3) is 10.6 Å². The van der Waals surface area contributed by atoms with Crippen LogP contribution >= 0.6 is 11.3 Å². The summed E-state index contributed by atoms with van der Waals surface area (Å²) in [5, 5.41) is 38.1. The van der Waals surface area contributed by atoms with Crippen LogP contribution in [0.5, 0.6) is 17.2 Å². The van der Waals surface area contributed by atoms with E-state index in [1.54, 1.807) is 6.92 Å². The summed E-state index contributed by atoms with van der Waals surface area (Å²) >= 11 is 1.27. The van der Waals surface area contributed by atoms with Gasteiger partial charge in [-0.3, -0.25) is 0 Å². The molecule has 1 aromatic carbocycles. The van der Waals surface area contributed by atoms with Crippen LogP contribution in [0, 0.1) is 17.0 Å². The summed E-state index contributed by atoms with van der Waals surface area (Å²) < 4.78 is 0. The summed E-state index contributed by atoms with van der Waals surface area (Å²) in [5.41, 5.74) is 1.13. The molecule has 112 valence electrons. The monoisotopic (exact) mass is 312 g/mol. The van der Waals surface area contributed by atoms with Crippen molar-refractivity contribution in [1.29, 1.82) is 0 Å². The van der Waals surface area contributed by atoms with Crippen molar-refractivity contribution in [3.8, 4) is 27.8 Å². The third kappa shape index (κ3) is 3.31. The Balaban J connectivity index is 2.24. The largest absolute Gasteiger partial charge is 0.504 e. The molecule has 0 bridgehead atoms. The zero-order valence-electron chi connectivity index (χ0n) is 10.9. The maximum atomic E-state index is 10.1. The lowest BCUT2D eigenvalue weighted by atomic mass is 10.2. The second kappa shape index (κ2) is 5.83. The molecule has 0 spiro atoms. The second-order valence-electron chi connectivity index (χ2n) is 4.20. The van der Waals surface area contributed by atoms with Gasteiger partial charge in [-0.2, -0.15) is 0 Å². The SMILES string of the molecule is Cc1nc(-c2cc(O)c(O)c(O)c2)sc1CCO[N+](=O)[O-]. The zero-order chi connectivity index (χ0) is 15.6. The summed E-state index contributed by atoms with van der Waals surface area (Å²) in [7, 11) is 0. The van der Waals surface area contributed by atoms with Gasteiger partial charge in [-0.15, -0.1) is 21.5 Å². The van der Waals surface area contributed by atoms with E-state index in [1.165, 1.54) is 23.5 Å². The number of rotatable bonds is 5. The third-order valence-corrected chi connectivity index (χ3v) is 4.00. The molecule has 0 aliphatic rings. The molecule has 2 rings (SSSR count). The molecule has 0 fully saturated rings. The summed E-state index contributed by atoms with van der Waals surface area (Å²) in [6.45, 7) is 1.68. The molecule has 1 heterocycles. The van der Waals surface area contributed by atoms with E-state index >= 15 is 0 Å². The number of aryl methyl sites for hydroxylation is 1. The van der Waals surface area contributed by atoms with Gasteiger partial charge in [0.25, 0.3) is 5.09 Å². The molecular formula is C12H12N2O6S. The van der Waals surface area contributed by atoms with Gasteiger partial charge in [0.2, 0.25) is 0 Å². The van der Waals surface area contributed by atoms with Crippen LogP contribution in [0.15, 0.2) is 12.1 Å². The summed E-state index contributed by atoms with van der Waals surface area (Å²) in [6.07, 6.45) is 0.334. The first-order valence-electron chi connectivity index (χ1n) is 5.87. The minimum atomic E-state index is -0.854. The van der Waals surface area contributed by atoms with Crippen LogP contribution in [0.1, 0.15) is 10.6 Å². The fourth-order valence-corrected chi connectivity index (χ4v) is 2.75. The van der Waals surface area contributed by atoms with E-state index < -0.39 is 22.3 Å².